The van der Waals surface area contributed by atoms with Crippen LogP contribution in [0.3, 0.4) is 0 Å². The normalized spacial score (nSPS) is 12.0. The van der Waals surface area contributed by atoms with Crippen molar-refractivity contribution >= 4 is 6.03 Å². The van der Waals surface area contributed by atoms with Crippen molar-refractivity contribution in [3.05, 3.63) is 66.4 Å². The van der Waals surface area contributed by atoms with Crippen LogP contribution in [0.5, 0.6) is 11.5 Å². The van der Waals surface area contributed by atoms with Gasteiger partial charge in [0, 0.05) is 31.7 Å². The Labute approximate surface area is 149 Å². The summed E-state index contributed by atoms with van der Waals surface area (Å²) in [5.41, 5.74) is 1.85. The maximum atomic E-state index is 12.0. The fourth-order valence-electron chi connectivity index (χ4n) is 2.55. The molecule has 8 nitrogen and oxygen atoms in total. The lowest BCUT2D eigenvalue weighted by atomic mass is 10.2. The zero-order valence-corrected chi connectivity index (χ0v) is 13.9. The highest BCUT2D eigenvalue weighted by molar-refractivity contribution is 5.73. The minimum atomic E-state index is -0.249. The molecule has 2 N–H and O–H groups in total. The molecule has 2 aromatic heterocycles. The largest absolute Gasteiger partial charge is 0.454 e. The number of pyridine rings is 1. The predicted molar refractivity (Wildman–Crippen MR) is 93.0 cm³/mol. The number of hydrogen-bond acceptors (Lipinski definition) is 5. The molecule has 0 unspecified atom stereocenters. The molecule has 1 aliphatic rings. The zero-order valence-electron chi connectivity index (χ0n) is 13.9. The third-order valence-corrected chi connectivity index (χ3v) is 3.92. The maximum Gasteiger partial charge on any atom is 0.315 e. The first-order valence-corrected chi connectivity index (χ1v) is 8.11. The van der Waals surface area contributed by atoms with Gasteiger partial charge in [-0.25, -0.2) is 14.8 Å². The number of urea groups is 1. The van der Waals surface area contributed by atoms with E-state index in [0.29, 0.717) is 18.8 Å². The molecule has 1 aromatic carbocycles. The van der Waals surface area contributed by atoms with Crippen molar-refractivity contribution in [3.8, 4) is 17.3 Å². The van der Waals surface area contributed by atoms with Crippen molar-refractivity contribution in [2.75, 3.05) is 6.79 Å². The van der Waals surface area contributed by atoms with Gasteiger partial charge in [-0.1, -0.05) is 12.1 Å². The molecule has 0 bridgehead atoms. The molecule has 1 aliphatic heterocycles. The Hall–Kier alpha value is -3.55. The van der Waals surface area contributed by atoms with Gasteiger partial charge in [0.25, 0.3) is 0 Å². The predicted octanol–water partition coefficient (Wildman–Crippen LogP) is 2.00. The molecule has 0 atom stereocenters. The zero-order chi connectivity index (χ0) is 17.8. The van der Waals surface area contributed by atoms with E-state index in [1.165, 1.54) is 0 Å². The van der Waals surface area contributed by atoms with E-state index in [9.17, 15) is 4.79 Å². The quantitative estimate of drug-likeness (QED) is 0.734. The van der Waals surface area contributed by atoms with Crippen LogP contribution in [0, 0.1) is 0 Å². The molecule has 3 heterocycles. The van der Waals surface area contributed by atoms with Gasteiger partial charge in [-0.2, -0.15) is 0 Å². The number of ether oxygens (including phenoxy) is 2. The van der Waals surface area contributed by atoms with Gasteiger partial charge in [0.2, 0.25) is 6.79 Å². The summed E-state index contributed by atoms with van der Waals surface area (Å²) in [7, 11) is 0. The van der Waals surface area contributed by atoms with Crippen molar-refractivity contribution in [1.29, 1.82) is 0 Å². The van der Waals surface area contributed by atoms with Gasteiger partial charge in [-0.05, 0) is 29.3 Å². The first-order valence-electron chi connectivity index (χ1n) is 8.11. The van der Waals surface area contributed by atoms with Gasteiger partial charge < -0.3 is 20.1 Å². The number of aromatic nitrogens is 3. The number of imidazole rings is 1. The Bertz CT molecular complexity index is 894. The minimum absolute atomic E-state index is 0.236. The molecule has 0 fully saturated rings. The highest BCUT2D eigenvalue weighted by Gasteiger charge is 2.13. The van der Waals surface area contributed by atoms with Crippen LogP contribution < -0.4 is 20.1 Å². The average molecular weight is 351 g/mol. The Morgan fingerprint density at radius 3 is 2.65 bits per heavy atom. The second kappa shape index (κ2) is 7.14. The summed E-state index contributed by atoms with van der Waals surface area (Å²) in [5.74, 6) is 2.21. The van der Waals surface area contributed by atoms with E-state index in [1.54, 1.807) is 18.7 Å². The molecule has 0 saturated heterocycles. The lowest BCUT2D eigenvalue weighted by Gasteiger charge is -2.09. The Morgan fingerprint density at radius 2 is 1.88 bits per heavy atom. The third kappa shape index (κ3) is 3.59. The van der Waals surface area contributed by atoms with E-state index >= 15 is 0 Å². The molecule has 26 heavy (non-hydrogen) atoms. The summed E-state index contributed by atoms with van der Waals surface area (Å²) in [6.07, 6.45) is 6.93. The molecule has 0 radical (unpaired) electrons. The van der Waals surface area contributed by atoms with Gasteiger partial charge in [0.1, 0.15) is 12.1 Å². The SMILES string of the molecule is O=C(NCc1ccc(-n2ccnc2)nc1)NCc1ccc2c(c1)OCO2. The van der Waals surface area contributed by atoms with Crippen LogP contribution in [-0.4, -0.2) is 27.4 Å². The molecular formula is C18H17N5O3. The summed E-state index contributed by atoms with van der Waals surface area (Å²) in [6.45, 7) is 1.03. The Balaban J connectivity index is 1.26. The number of nitrogens with one attached hydrogen (secondary N) is 2. The standard InChI is InChI=1S/C18H17N5O3/c24-18(21-8-13-1-3-15-16(7-13)26-12-25-15)22-10-14-2-4-17(20-9-14)23-6-5-19-11-23/h1-7,9,11H,8,10,12H2,(H2,21,22,24). The molecule has 3 aromatic rings. The molecule has 4 rings (SSSR count). The first kappa shape index (κ1) is 15.9. The lowest BCUT2D eigenvalue weighted by molar-refractivity contribution is 0.174. The van der Waals surface area contributed by atoms with Crippen molar-refractivity contribution in [2.45, 2.75) is 13.1 Å². The second-order valence-electron chi connectivity index (χ2n) is 5.72. The Kier molecular flexibility index (Phi) is 4.38. The van der Waals surface area contributed by atoms with E-state index < -0.39 is 0 Å². The fourth-order valence-corrected chi connectivity index (χ4v) is 2.55. The Morgan fingerprint density at radius 1 is 1.08 bits per heavy atom. The van der Waals surface area contributed by atoms with Crippen LogP contribution in [0.25, 0.3) is 5.82 Å². The first-order chi connectivity index (χ1) is 12.8. The highest BCUT2D eigenvalue weighted by atomic mass is 16.7. The van der Waals surface area contributed by atoms with Gasteiger partial charge in [-0.3, -0.25) is 4.57 Å². The molecular weight excluding hydrogens is 334 g/mol. The number of fused-ring (bicyclic) bond motifs is 1. The molecule has 8 heteroatoms. The van der Waals surface area contributed by atoms with E-state index in [4.69, 9.17) is 9.47 Å². The molecule has 0 spiro atoms. The van der Waals surface area contributed by atoms with E-state index in [0.717, 1.165) is 22.7 Å². The van der Waals surface area contributed by atoms with E-state index in [-0.39, 0.29) is 12.8 Å². The van der Waals surface area contributed by atoms with Crippen LogP contribution in [0.1, 0.15) is 11.1 Å². The summed E-state index contributed by atoms with van der Waals surface area (Å²) in [4.78, 5) is 20.3. The van der Waals surface area contributed by atoms with E-state index in [2.05, 4.69) is 20.6 Å². The number of benzene rings is 1. The van der Waals surface area contributed by atoms with Crippen LogP contribution in [0.15, 0.2) is 55.2 Å². The number of carbonyl (C=O) groups excluding carboxylic acids is 1. The second-order valence-corrected chi connectivity index (χ2v) is 5.72. The van der Waals surface area contributed by atoms with Gasteiger partial charge in [-0.15, -0.1) is 0 Å². The summed E-state index contributed by atoms with van der Waals surface area (Å²) < 4.78 is 12.4. The summed E-state index contributed by atoms with van der Waals surface area (Å²) in [6, 6.07) is 9.14. The monoisotopic (exact) mass is 351 g/mol. The number of amides is 2. The molecule has 0 saturated carbocycles. The fraction of sp³-hybridized carbons (Fsp3) is 0.167. The van der Waals surface area contributed by atoms with Crippen molar-refractivity contribution in [3.63, 3.8) is 0 Å². The third-order valence-electron chi connectivity index (χ3n) is 3.92. The van der Waals surface area contributed by atoms with Gasteiger partial charge >= 0.3 is 6.03 Å². The number of rotatable bonds is 5. The van der Waals surface area contributed by atoms with E-state index in [1.807, 2.05) is 41.1 Å². The van der Waals surface area contributed by atoms with Crippen LogP contribution in [-0.2, 0) is 13.1 Å². The number of hydrogen-bond donors (Lipinski definition) is 2. The topological polar surface area (TPSA) is 90.3 Å². The van der Waals surface area contributed by atoms with Crippen molar-refractivity contribution in [2.24, 2.45) is 0 Å². The maximum absolute atomic E-state index is 12.0. The number of carbonyl (C=O) groups is 1. The van der Waals surface area contributed by atoms with Crippen LogP contribution >= 0.6 is 0 Å². The lowest BCUT2D eigenvalue weighted by Crippen LogP contribution is -2.34. The number of nitrogens with zero attached hydrogens (tertiary/aromatic N) is 3. The summed E-state index contributed by atoms with van der Waals surface area (Å²) >= 11 is 0. The molecule has 0 aliphatic carbocycles. The van der Waals surface area contributed by atoms with Crippen molar-refractivity contribution < 1.29 is 14.3 Å². The van der Waals surface area contributed by atoms with Crippen LogP contribution in [0.2, 0.25) is 0 Å². The average Bonchev–Trinajstić information content (AvgIpc) is 3.36. The van der Waals surface area contributed by atoms with Crippen LogP contribution in [0.4, 0.5) is 4.79 Å². The van der Waals surface area contributed by atoms with Gasteiger partial charge in [0.15, 0.2) is 11.5 Å². The minimum Gasteiger partial charge on any atom is -0.454 e. The van der Waals surface area contributed by atoms with Crippen molar-refractivity contribution in [1.82, 2.24) is 25.2 Å². The molecule has 2 amide bonds. The highest BCUT2D eigenvalue weighted by Crippen LogP contribution is 2.32. The smallest absolute Gasteiger partial charge is 0.315 e. The molecule has 132 valence electrons. The summed E-state index contributed by atoms with van der Waals surface area (Å²) in [5, 5.41) is 5.63. The van der Waals surface area contributed by atoms with Gasteiger partial charge in [0.05, 0.1) is 0 Å².